The minimum atomic E-state index is -0.165. The van der Waals surface area contributed by atoms with Crippen LogP contribution < -0.4 is 38.5 Å². The molecule has 0 saturated heterocycles. The van der Waals surface area contributed by atoms with E-state index in [1.54, 1.807) is 6.41 Å². The Morgan fingerprint density at radius 2 is 1.39 bits per heavy atom. The third-order valence-corrected chi connectivity index (χ3v) is 3.18. The van der Waals surface area contributed by atoms with E-state index in [-0.39, 0.29) is 85.0 Å². The molecule has 1 unspecified atom stereocenters. The zero-order chi connectivity index (χ0) is 28.3. The molecule has 0 heterocycles. The van der Waals surface area contributed by atoms with E-state index in [4.69, 9.17) is 16.3 Å². The van der Waals surface area contributed by atoms with Gasteiger partial charge in [0.2, 0.25) is 25.1 Å². The Morgan fingerprint density at radius 1 is 0.917 bits per heavy atom. The molecule has 1 atom stereocenters. The first kappa shape index (κ1) is 47.5. The van der Waals surface area contributed by atoms with Crippen LogP contribution >= 0.6 is 0 Å². The quantitative estimate of drug-likeness (QED) is 0.0482. The number of carbonyl (C=O) groups is 5. The van der Waals surface area contributed by atoms with Gasteiger partial charge in [0.1, 0.15) is 5.78 Å². The van der Waals surface area contributed by atoms with Crippen LogP contribution in [0.3, 0.4) is 0 Å². The van der Waals surface area contributed by atoms with Gasteiger partial charge in [0.25, 0.3) is 0 Å². The smallest absolute Gasteiger partial charge is 0.239 e. The number of unbranched alkanes of at least 4 members (excludes halogenated alkanes) is 2. The number of Topliss-reactive ketones (excluding diaryl/α,β-unsaturated/α-hetero) is 1. The molecule has 5 amide bonds. The summed E-state index contributed by atoms with van der Waals surface area (Å²) >= 11 is 0. The molecule has 0 saturated carbocycles. The number of ketones is 1. The van der Waals surface area contributed by atoms with E-state index in [1.165, 1.54) is 19.8 Å². The summed E-state index contributed by atoms with van der Waals surface area (Å²) in [6.07, 6.45) is 8.40. The average Bonchev–Trinajstić information content (AvgIpc) is 2.78. The van der Waals surface area contributed by atoms with E-state index in [0.29, 0.717) is 12.8 Å². The molecule has 0 aliphatic rings. The first-order valence-corrected chi connectivity index (χ1v) is 11.4. The van der Waals surface area contributed by atoms with E-state index < -0.39 is 0 Å². The molecular weight excluding hydrogens is 598 g/mol. The Labute approximate surface area is 249 Å². The third kappa shape index (κ3) is 76.8. The first-order chi connectivity index (χ1) is 16.6. The van der Waals surface area contributed by atoms with Gasteiger partial charge in [0.15, 0.2) is 0 Å². The Morgan fingerprint density at radius 3 is 1.67 bits per heavy atom. The minimum absolute atomic E-state index is 0. The predicted molar refractivity (Wildman–Crippen MR) is 138 cm³/mol. The van der Waals surface area contributed by atoms with Gasteiger partial charge in [0.05, 0.1) is 13.1 Å². The minimum Gasteiger partial charge on any atom is -0.528 e. The van der Waals surface area contributed by atoms with Crippen molar-refractivity contribution in [3.05, 3.63) is 0 Å². The Balaban J connectivity index is -0.0000000817. The fourth-order valence-electron chi connectivity index (χ4n) is 1.66. The predicted octanol–water partition coefficient (Wildman–Crippen LogP) is -1.41. The van der Waals surface area contributed by atoms with Crippen molar-refractivity contribution < 1.29 is 70.5 Å². The van der Waals surface area contributed by atoms with Crippen LogP contribution in [0.1, 0.15) is 66.7 Å². The summed E-state index contributed by atoms with van der Waals surface area (Å²) < 4.78 is 0. The molecule has 0 aromatic rings. The Hall–Kier alpha value is -1.68. The van der Waals surface area contributed by atoms with Crippen molar-refractivity contribution in [2.45, 2.75) is 78.8 Å². The molecule has 0 rings (SSSR count). The molecule has 0 aliphatic heterocycles. The molecule has 0 bridgehead atoms. The van der Waals surface area contributed by atoms with Crippen molar-refractivity contribution in [3.8, 4) is 0 Å². The van der Waals surface area contributed by atoms with Crippen LogP contribution in [-0.4, -0.2) is 75.6 Å². The molecule has 0 aromatic carbocycles. The van der Waals surface area contributed by atoms with Crippen LogP contribution in [0.4, 0.5) is 0 Å². The van der Waals surface area contributed by atoms with Crippen LogP contribution in [0.2, 0.25) is 0 Å². The van der Waals surface area contributed by atoms with E-state index in [0.717, 1.165) is 32.4 Å². The van der Waals surface area contributed by atoms with Gasteiger partial charge in [-0.05, 0) is 66.1 Å². The summed E-state index contributed by atoms with van der Waals surface area (Å²) in [4.78, 5) is 58.2. The molecule has 36 heavy (non-hydrogen) atoms. The molecule has 0 aliphatic carbocycles. The number of amides is 5. The number of nitrogens with one attached hydrogen (secondary N) is 4. The van der Waals surface area contributed by atoms with Gasteiger partial charge in [-0.1, -0.05) is 19.8 Å². The van der Waals surface area contributed by atoms with Crippen molar-refractivity contribution in [2.75, 3.05) is 26.2 Å². The van der Waals surface area contributed by atoms with Crippen LogP contribution in [0, 0.1) is 41.7 Å². The van der Waals surface area contributed by atoms with Crippen molar-refractivity contribution in [3.63, 3.8) is 0 Å². The molecule has 0 aromatic heterocycles. The summed E-state index contributed by atoms with van der Waals surface area (Å²) in [5.41, 5.74) is 14.6. The molecule has 0 radical (unpaired) electrons. The number of primary amides is 1. The van der Waals surface area contributed by atoms with Gasteiger partial charge in [0, 0.05) is 47.8 Å². The number of hydrogen-bond donors (Lipinski definition) is 7. The van der Waals surface area contributed by atoms with Crippen molar-refractivity contribution in [1.29, 1.82) is 0 Å². The summed E-state index contributed by atoms with van der Waals surface area (Å²) in [5, 5.41) is 9.65. The molecule has 13 nitrogen and oxygen atoms in total. The van der Waals surface area contributed by atoms with Crippen LogP contribution in [0.25, 0.3) is 0 Å². The van der Waals surface area contributed by atoms with E-state index >= 15 is 0 Å². The fourth-order valence-corrected chi connectivity index (χ4v) is 1.66. The van der Waals surface area contributed by atoms with Gasteiger partial charge in [-0.2, -0.15) is 6.41 Å². The second-order valence-electron chi connectivity index (χ2n) is 7.13. The number of rotatable bonds is 15. The number of hydrogen-bond acceptors (Lipinski definition) is 8. The topological polar surface area (TPSA) is 229 Å². The van der Waals surface area contributed by atoms with Gasteiger partial charge in [-0.15, -0.1) is 0 Å². The molecule has 0 spiro atoms. The van der Waals surface area contributed by atoms with Crippen LogP contribution in [0.15, 0.2) is 0 Å². The standard InChI is InChI=1S/C7H15N2O.C6H12N2O2.C4H7NO2.C4H11N.CH3NO.Ce/c1-7(9-6-10)4-2-3-5-8;1-5(2)8-6(10)3-7-4-9;1-4(7)2-5-3-6;1-2-3-4-5;2-1-3;/h7H,2-5,8H2,1H3,(H,9,10);4-5H,3H2,1-2H3,(H,7,9)(H,8,10);3H,2H2,1H3,(H,5,6);2-5H2,1H3;1H,(H2,2,3);/q-1;;;;;. The Bertz CT molecular complexity index is 500. The summed E-state index contributed by atoms with van der Waals surface area (Å²) in [7, 11) is 0. The van der Waals surface area contributed by atoms with Gasteiger partial charge in [-0.3, -0.25) is 24.0 Å². The molecule has 14 heteroatoms. The van der Waals surface area contributed by atoms with Crippen molar-refractivity contribution in [2.24, 2.45) is 17.2 Å². The van der Waals surface area contributed by atoms with Crippen LogP contribution in [-0.2, 0) is 28.8 Å². The number of carbonyl (C=O) groups excluding carboxylic acids is 6. The fraction of sp³-hybridized carbons (Fsp3) is 0.727. The Kier molecular flexibility index (Phi) is 61.5. The third-order valence-electron chi connectivity index (χ3n) is 3.18. The largest absolute Gasteiger partial charge is 0.528 e. The van der Waals surface area contributed by atoms with E-state index in [9.17, 15) is 24.0 Å². The van der Waals surface area contributed by atoms with E-state index in [2.05, 4.69) is 33.9 Å². The molecular formula is C22H48CeN7O6-. The normalized spacial score (nSPS) is 9.00. The van der Waals surface area contributed by atoms with Crippen molar-refractivity contribution >= 4 is 37.3 Å². The second-order valence-corrected chi connectivity index (χ2v) is 7.13. The van der Waals surface area contributed by atoms with Gasteiger partial charge < -0.3 is 43.3 Å². The van der Waals surface area contributed by atoms with Gasteiger partial charge in [-0.25, -0.2) is 0 Å². The molecule has 212 valence electrons. The maximum absolute atomic E-state index is 10.7. The zero-order valence-corrected chi connectivity index (χ0v) is 25.6. The van der Waals surface area contributed by atoms with Crippen LogP contribution in [0.5, 0.6) is 0 Å². The van der Waals surface area contributed by atoms with Gasteiger partial charge >= 0.3 is 0 Å². The molecule has 10 N–H and O–H groups in total. The maximum Gasteiger partial charge on any atom is 0.239 e. The second kappa shape index (κ2) is 46.6. The SMILES string of the molecule is CC(=O)CNC=O.CC(C)NC(=O)CNC=O.CC(CCCCN)N[C-]=O.CCCCN.NC=O.[Ce]. The summed E-state index contributed by atoms with van der Waals surface area (Å²) in [5.74, 6) is -0.200. The first-order valence-electron chi connectivity index (χ1n) is 11.4. The molecule has 0 fully saturated rings. The maximum atomic E-state index is 10.7. The van der Waals surface area contributed by atoms with Crippen molar-refractivity contribution in [1.82, 2.24) is 21.3 Å². The average molecular weight is 647 g/mol. The van der Waals surface area contributed by atoms with E-state index in [1.807, 2.05) is 20.8 Å². The number of nitrogens with two attached hydrogens (primary N) is 3. The summed E-state index contributed by atoms with van der Waals surface area (Å²) in [6, 6.07) is 0.366. The zero-order valence-electron chi connectivity index (χ0n) is 22.4. The monoisotopic (exact) mass is 646 g/mol. The summed E-state index contributed by atoms with van der Waals surface area (Å²) in [6.45, 7) is 11.0.